The Morgan fingerprint density at radius 2 is 2.00 bits per heavy atom. The van der Waals surface area contributed by atoms with Crippen LogP contribution in [0.5, 0.6) is 0 Å². The number of carbonyl (C=O) groups is 1. The Morgan fingerprint density at radius 1 is 1.17 bits per heavy atom. The Balaban J connectivity index is 1.42. The number of hydrogen-bond donors (Lipinski definition) is 1. The van der Waals surface area contributed by atoms with Gasteiger partial charge in [-0.05, 0) is 37.8 Å². The van der Waals surface area contributed by atoms with Gasteiger partial charge in [0, 0.05) is 6.54 Å². The molecule has 2 heterocycles. The summed E-state index contributed by atoms with van der Waals surface area (Å²) in [6, 6.07) is 8.07. The highest BCUT2D eigenvalue weighted by Gasteiger charge is 2.32. The molecule has 24 heavy (non-hydrogen) atoms. The highest BCUT2D eigenvalue weighted by Crippen LogP contribution is 2.31. The molecule has 1 aliphatic carbocycles. The first-order valence-electron chi connectivity index (χ1n) is 9.17. The van der Waals surface area contributed by atoms with E-state index in [2.05, 4.69) is 9.97 Å². The van der Waals surface area contributed by atoms with E-state index in [-0.39, 0.29) is 24.7 Å². The zero-order chi connectivity index (χ0) is 16.4. The Kier molecular flexibility index (Phi) is 4.52. The minimum absolute atomic E-state index is 0.0554. The lowest BCUT2D eigenvalue weighted by molar-refractivity contribution is -0.139. The number of H-pyrrole nitrogens is 1. The molecule has 1 saturated carbocycles. The minimum Gasteiger partial charge on any atom is -0.368 e. The van der Waals surface area contributed by atoms with Gasteiger partial charge in [0.05, 0.1) is 23.2 Å². The fraction of sp³-hybridized carbons (Fsp3) is 0.579. The van der Waals surface area contributed by atoms with Crippen molar-refractivity contribution in [3.05, 3.63) is 30.1 Å². The van der Waals surface area contributed by atoms with Gasteiger partial charge in [-0.15, -0.1) is 0 Å². The third kappa shape index (κ3) is 3.18. The van der Waals surface area contributed by atoms with Gasteiger partial charge in [0.2, 0.25) is 5.91 Å². The van der Waals surface area contributed by atoms with E-state index in [4.69, 9.17) is 4.74 Å². The van der Waals surface area contributed by atoms with Crippen LogP contribution < -0.4 is 0 Å². The number of amides is 1. The van der Waals surface area contributed by atoms with Crippen molar-refractivity contribution in [1.82, 2.24) is 14.9 Å². The quantitative estimate of drug-likeness (QED) is 0.934. The van der Waals surface area contributed by atoms with E-state index >= 15 is 0 Å². The fourth-order valence-corrected chi connectivity index (χ4v) is 3.98. The van der Waals surface area contributed by atoms with Crippen LogP contribution in [0.2, 0.25) is 0 Å². The lowest BCUT2D eigenvalue weighted by Crippen LogP contribution is -2.35. The molecule has 1 aromatic carbocycles. The van der Waals surface area contributed by atoms with Gasteiger partial charge in [0.25, 0.3) is 0 Å². The van der Waals surface area contributed by atoms with Crippen molar-refractivity contribution in [2.75, 3.05) is 13.2 Å². The lowest BCUT2D eigenvalue weighted by atomic mass is 9.98. The summed E-state index contributed by atoms with van der Waals surface area (Å²) >= 11 is 0. The predicted octanol–water partition coefficient (Wildman–Crippen LogP) is 3.58. The maximum Gasteiger partial charge on any atom is 0.249 e. The Hall–Kier alpha value is -1.88. The number of nitrogens with one attached hydrogen (secondary N) is 1. The molecular formula is C19H25N3O2. The fourth-order valence-electron chi connectivity index (χ4n) is 3.98. The number of nitrogens with zero attached hydrogens (tertiary/aromatic N) is 2. The molecule has 2 aromatic rings. The number of rotatable bonds is 4. The summed E-state index contributed by atoms with van der Waals surface area (Å²) < 4.78 is 5.88. The van der Waals surface area contributed by atoms with Crippen molar-refractivity contribution >= 4 is 16.9 Å². The molecule has 5 nitrogen and oxygen atoms in total. The molecule has 1 atom stereocenters. The second-order valence-corrected chi connectivity index (χ2v) is 6.96. The second-order valence-electron chi connectivity index (χ2n) is 6.96. The highest BCUT2D eigenvalue weighted by molar-refractivity contribution is 5.79. The number of ether oxygens (including phenoxy) is 1. The molecule has 2 aliphatic rings. The monoisotopic (exact) mass is 327 g/mol. The molecule has 5 heteroatoms. The van der Waals surface area contributed by atoms with Crippen LogP contribution in [0.15, 0.2) is 24.3 Å². The first-order chi connectivity index (χ1) is 11.8. The number of benzene rings is 1. The SMILES string of the molecule is O=C(COC1CCCCC1)N1CCC[C@H]1c1nc2ccccc2[nH]1. The standard InChI is InChI=1S/C19H25N3O2/c23-18(13-24-14-7-2-1-3-8-14)22-12-6-11-17(22)19-20-15-9-4-5-10-16(15)21-19/h4-5,9-10,14,17H,1-3,6-8,11-13H2,(H,20,21)/t17-/m0/s1. The molecule has 4 rings (SSSR count). The predicted molar refractivity (Wildman–Crippen MR) is 92.6 cm³/mol. The highest BCUT2D eigenvalue weighted by atomic mass is 16.5. The number of aromatic amines is 1. The Morgan fingerprint density at radius 3 is 2.83 bits per heavy atom. The maximum absolute atomic E-state index is 12.6. The summed E-state index contributed by atoms with van der Waals surface area (Å²) in [4.78, 5) is 22.7. The van der Waals surface area contributed by atoms with Crippen LogP contribution in [0, 0.1) is 0 Å². The van der Waals surface area contributed by atoms with Gasteiger partial charge < -0.3 is 14.6 Å². The number of para-hydroxylation sites is 2. The number of hydrogen-bond acceptors (Lipinski definition) is 3. The average molecular weight is 327 g/mol. The molecular weight excluding hydrogens is 302 g/mol. The molecule has 1 aromatic heterocycles. The topological polar surface area (TPSA) is 58.2 Å². The van der Waals surface area contributed by atoms with Crippen molar-refractivity contribution < 1.29 is 9.53 Å². The number of carbonyl (C=O) groups excluding carboxylic acids is 1. The van der Waals surface area contributed by atoms with Crippen molar-refractivity contribution in [3.63, 3.8) is 0 Å². The van der Waals surface area contributed by atoms with Crippen LogP contribution in [-0.2, 0) is 9.53 Å². The van der Waals surface area contributed by atoms with Gasteiger partial charge in [-0.3, -0.25) is 4.79 Å². The van der Waals surface area contributed by atoms with Crippen LogP contribution in [0.1, 0.15) is 56.8 Å². The van der Waals surface area contributed by atoms with Gasteiger partial charge in [0.1, 0.15) is 12.4 Å². The summed E-state index contributed by atoms with van der Waals surface area (Å²) in [7, 11) is 0. The number of fused-ring (bicyclic) bond motifs is 1. The number of aromatic nitrogens is 2. The summed E-state index contributed by atoms with van der Waals surface area (Å²) in [6.07, 6.45) is 8.21. The van der Waals surface area contributed by atoms with E-state index in [0.717, 1.165) is 49.1 Å². The Labute approximate surface area is 142 Å². The van der Waals surface area contributed by atoms with E-state index in [9.17, 15) is 4.79 Å². The third-order valence-electron chi connectivity index (χ3n) is 5.29. The van der Waals surface area contributed by atoms with Gasteiger partial charge in [-0.25, -0.2) is 4.98 Å². The van der Waals surface area contributed by atoms with Crippen LogP contribution >= 0.6 is 0 Å². The zero-order valence-electron chi connectivity index (χ0n) is 14.0. The van der Waals surface area contributed by atoms with E-state index in [1.165, 1.54) is 19.3 Å². The van der Waals surface area contributed by atoms with Crippen LogP contribution in [0.25, 0.3) is 11.0 Å². The molecule has 2 fully saturated rings. The summed E-state index contributed by atoms with van der Waals surface area (Å²) in [5.74, 6) is 1.00. The van der Waals surface area contributed by atoms with Gasteiger partial charge in [-0.2, -0.15) is 0 Å². The van der Waals surface area contributed by atoms with E-state index in [1.54, 1.807) is 0 Å². The maximum atomic E-state index is 12.6. The minimum atomic E-state index is 0.0554. The molecule has 0 spiro atoms. The normalized spacial score (nSPS) is 22.3. The summed E-state index contributed by atoms with van der Waals surface area (Å²) in [5, 5.41) is 0. The van der Waals surface area contributed by atoms with Gasteiger partial charge in [0.15, 0.2) is 0 Å². The largest absolute Gasteiger partial charge is 0.368 e. The number of imidazole rings is 1. The molecule has 1 saturated heterocycles. The van der Waals surface area contributed by atoms with Gasteiger partial charge >= 0.3 is 0 Å². The van der Waals surface area contributed by atoms with E-state index in [0.29, 0.717) is 0 Å². The van der Waals surface area contributed by atoms with Gasteiger partial charge in [-0.1, -0.05) is 31.4 Å². The summed E-state index contributed by atoms with van der Waals surface area (Å²) in [5.41, 5.74) is 2.00. The van der Waals surface area contributed by atoms with E-state index < -0.39 is 0 Å². The number of likely N-dealkylation sites (tertiary alicyclic amines) is 1. The van der Waals surface area contributed by atoms with Crippen molar-refractivity contribution in [2.24, 2.45) is 0 Å². The molecule has 0 bridgehead atoms. The average Bonchev–Trinajstić information content (AvgIpc) is 3.26. The molecule has 0 unspecified atom stereocenters. The summed E-state index contributed by atoms with van der Waals surface area (Å²) in [6.45, 7) is 1.01. The first kappa shape index (κ1) is 15.6. The Bertz CT molecular complexity index is 672. The molecule has 1 aliphatic heterocycles. The van der Waals surface area contributed by atoms with Crippen LogP contribution in [0.4, 0.5) is 0 Å². The molecule has 1 N–H and O–H groups in total. The van der Waals surface area contributed by atoms with Crippen LogP contribution in [-0.4, -0.2) is 40.0 Å². The zero-order valence-corrected chi connectivity index (χ0v) is 14.0. The third-order valence-corrected chi connectivity index (χ3v) is 5.29. The molecule has 1 amide bonds. The first-order valence-corrected chi connectivity index (χ1v) is 9.17. The second kappa shape index (κ2) is 6.93. The van der Waals surface area contributed by atoms with Crippen molar-refractivity contribution in [1.29, 1.82) is 0 Å². The molecule has 128 valence electrons. The smallest absolute Gasteiger partial charge is 0.249 e. The van der Waals surface area contributed by atoms with E-state index in [1.807, 2.05) is 29.2 Å². The van der Waals surface area contributed by atoms with Crippen molar-refractivity contribution in [2.45, 2.75) is 57.1 Å². The van der Waals surface area contributed by atoms with Crippen molar-refractivity contribution in [3.8, 4) is 0 Å². The van der Waals surface area contributed by atoms with Crippen LogP contribution in [0.3, 0.4) is 0 Å². The molecule has 0 radical (unpaired) electrons. The lowest BCUT2D eigenvalue weighted by Gasteiger charge is -2.26.